The number of hydrogen-bond donors (Lipinski definition) is 1. The average Bonchev–Trinajstić information content (AvgIpc) is 2.94. The molecule has 40 heavy (non-hydrogen) atoms. The van der Waals surface area contributed by atoms with Crippen molar-refractivity contribution < 1.29 is 22.7 Å². The molecule has 3 aromatic rings. The van der Waals surface area contributed by atoms with Crippen LogP contribution in [0.25, 0.3) is 0 Å². The molecule has 0 aliphatic rings. The molecule has 9 heteroatoms. The van der Waals surface area contributed by atoms with E-state index >= 15 is 0 Å². The van der Waals surface area contributed by atoms with Gasteiger partial charge in [0.25, 0.3) is 10.0 Å². The Morgan fingerprint density at radius 1 is 0.925 bits per heavy atom. The zero-order valence-corrected chi connectivity index (χ0v) is 24.9. The van der Waals surface area contributed by atoms with Gasteiger partial charge in [-0.15, -0.1) is 0 Å². The average molecular weight is 566 g/mol. The van der Waals surface area contributed by atoms with Gasteiger partial charge in [0, 0.05) is 12.6 Å². The molecule has 0 fully saturated rings. The molecule has 2 amide bonds. The van der Waals surface area contributed by atoms with Crippen LogP contribution in [0.2, 0.25) is 0 Å². The summed E-state index contributed by atoms with van der Waals surface area (Å²) in [6, 6.07) is 20.0. The number of ether oxygens (including phenoxy) is 1. The largest absolute Gasteiger partial charge is 0.495 e. The Kier molecular flexibility index (Phi) is 10.3. The van der Waals surface area contributed by atoms with E-state index in [0.29, 0.717) is 5.75 Å². The maximum Gasteiger partial charge on any atom is 0.264 e. The molecule has 0 aliphatic carbocycles. The van der Waals surface area contributed by atoms with Crippen molar-refractivity contribution in [2.75, 3.05) is 18.0 Å². The Bertz CT molecular complexity index is 1410. The molecule has 2 unspecified atom stereocenters. The van der Waals surface area contributed by atoms with Gasteiger partial charge >= 0.3 is 0 Å². The van der Waals surface area contributed by atoms with Crippen LogP contribution in [0.5, 0.6) is 5.75 Å². The molecular weight excluding hydrogens is 526 g/mol. The van der Waals surface area contributed by atoms with E-state index in [0.717, 1.165) is 27.4 Å². The van der Waals surface area contributed by atoms with Crippen LogP contribution < -0.4 is 14.4 Å². The van der Waals surface area contributed by atoms with Crippen molar-refractivity contribution in [1.82, 2.24) is 10.2 Å². The minimum Gasteiger partial charge on any atom is -0.495 e. The van der Waals surface area contributed by atoms with Gasteiger partial charge in [0.2, 0.25) is 11.8 Å². The number of benzene rings is 3. The summed E-state index contributed by atoms with van der Waals surface area (Å²) in [4.78, 5) is 28.7. The summed E-state index contributed by atoms with van der Waals surface area (Å²) in [6.45, 7) is 8.84. The van der Waals surface area contributed by atoms with Crippen molar-refractivity contribution in [2.45, 2.75) is 64.6 Å². The first-order valence-corrected chi connectivity index (χ1v) is 14.8. The molecule has 0 saturated heterocycles. The maximum atomic E-state index is 14.0. The van der Waals surface area contributed by atoms with E-state index in [-0.39, 0.29) is 29.1 Å². The number of nitrogens with one attached hydrogen (secondary N) is 1. The fourth-order valence-corrected chi connectivity index (χ4v) is 5.59. The van der Waals surface area contributed by atoms with Crippen molar-refractivity contribution >= 4 is 27.5 Å². The lowest BCUT2D eigenvalue weighted by atomic mass is 10.1. The first-order chi connectivity index (χ1) is 19.0. The van der Waals surface area contributed by atoms with Crippen LogP contribution in [0.15, 0.2) is 77.7 Å². The van der Waals surface area contributed by atoms with Gasteiger partial charge in [0.05, 0.1) is 17.7 Å². The standard InChI is InChI=1S/C31H39N3O5S/c1-7-24(4)32-31(36)25(5)33(20-26-11-9-8-10-12-26)30(35)21-34(28-19-23(3)15-18-29(28)39-6)40(37,38)27-16-13-22(2)14-17-27/h8-19,24-25H,7,20-21H2,1-6H3,(H,32,36). The van der Waals surface area contributed by atoms with Crippen LogP contribution in [0, 0.1) is 13.8 Å². The van der Waals surface area contributed by atoms with Crippen LogP contribution in [-0.4, -0.2) is 50.9 Å². The molecule has 0 radical (unpaired) electrons. The van der Waals surface area contributed by atoms with Crippen molar-refractivity contribution in [3.8, 4) is 5.75 Å². The molecule has 0 bridgehead atoms. The Morgan fingerprint density at radius 2 is 1.55 bits per heavy atom. The zero-order valence-electron chi connectivity index (χ0n) is 24.0. The summed E-state index contributed by atoms with van der Waals surface area (Å²) in [5.41, 5.74) is 2.77. The van der Waals surface area contributed by atoms with Crippen LogP contribution in [0.4, 0.5) is 5.69 Å². The van der Waals surface area contributed by atoms with Gasteiger partial charge in [0.15, 0.2) is 0 Å². The fourth-order valence-electron chi connectivity index (χ4n) is 4.17. The number of amides is 2. The topological polar surface area (TPSA) is 96.0 Å². The third-order valence-electron chi connectivity index (χ3n) is 6.85. The van der Waals surface area contributed by atoms with Crippen LogP contribution in [-0.2, 0) is 26.2 Å². The predicted octanol–water partition coefficient (Wildman–Crippen LogP) is 4.84. The van der Waals surface area contributed by atoms with E-state index in [1.54, 1.807) is 31.2 Å². The van der Waals surface area contributed by atoms with Gasteiger partial charge in [-0.2, -0.15) is 0 Å². The highest BCUT2D eigenvalue weighted by Gasteiger charge is 2.34. The maximum absolute atomic E-state index is 14.0. The van der Waals surface area contributed by atoms with Crippen molar-refractivity contribution in [1.29, 1.82) is 0 Å². The minimum atomic E-state index is -4.19. The highest BCUT2D eigenvalue weighted by Crippen LogP contribution is 2.33. The molecule has 2 atom stereocenters. The quantitative estimate of drug-likeness (QED) is 0.339. The lowest BCUT2D eigenvalue weighted by molar-refractivity contribution is -0.139. The summed E-state index contributed by atoms with van der Waals surface area (Å²) in [5.74, 6) is -0.513. The van der Waals surface area contributed by atoms with Crippen LogP contribution in [0.3, 0.4) is 0 Å². The van der Waals surface area contributed by atoms with Gasteiger partial charge in [0.1, 0.15) is 18.3 Å². The van der Waals surface area contributed by atoms with E-state index in [4.69, 9.17) is 4.74 Å². The number of rotatable bonds is 12. The molecule has 3 rings (SSSR count). The third kappa shape index (κ3) is 7.41. The number of aryl methyl sites for hydroxylation is 2. The molecule has 0 aliphatic heterocycles. The van der Waals surface area contributed by atoms with E-state index in [1.807, 2.05) is 64.1 Å². The first kappa shape index (κ1) is 30.7. The predicted molar refractivity (Wildman–Crippen MR) is 158 cm³/mol. The van der Waals surface area contributed by atoms with Crippen molar-refractivity contribution in [2.24, 2.45) is 0 Å². The number of nitrogens with zero attached hydrogens (tertiary/aromatic N) is 2. The molecule has 214 valence electrons. The molecule has 0 aromatic heterocycles. The van der Waals surface area contributed by atoms with Gasteiger partial charge < -0.3 is 15.0 Å². The second kappa shape index (κ2) is 13.5. The Labute approximate surface area is 238 Å². The zero-order chi connectivity index (χ0) is 29.4. The van der Waals surface area contributed by atoms with E-state index in [2.05, 4.69) is 5.32 Å². The number of carbonyl (C=O) groups is 2. The van der Waals surface area contributed by atoms with Gasteiger partial charge in [-0.25, -0.2) is 8.42 Å². The Hall–Kier alpha value is -3.85. The molecule has 1 N–H and O–H groups in total. The molecule has 0 heterocycles. The van der Waals surface area contributed by atoms with Crippen molar-refractivity contribution in [3.05, 3.63) is 89.5 Å². The lowest BCUT2D eigenvalue weighted by Gasteiger charge is -2.33. The van der Waals surface area contributed by atoms with Crippen LogP contribution >= 0.6 is 0 Å². The summed E-state index contributed by atoms with van der Waals surface area (Å²) in [6.07, 6.45) is 0.737. The van der Waals surface area contributed by atoms with E-state index in [1.165, 1.54) is 24.1 Å². The van der Waals surface area contributed by atoms with Crippen LogP contribution in [0.1, 0.15) is 43.9 Å². The summed E-state index contributed by atoms with van der Waals surface area (Å²) in [7, 11) is -2.73. The number of sulfonamides is 1. The summed E-state index contributed by atoms with van der Waals surface area (Å²) in [5, 5.41) is 2.94. The monoisotopic (exact) mass is 565 g/mol. The first-order valence-electron chi connectivity index (χ1n) is 13.4. The van der Waals surface area contributed by atoms with Gasteiger partial charge in [-0.1, -0.05) is 61.0 Å². The number of anilines is 1. The SMILES string of the molecule is CCC(C)NC(=O)C(C)N(Cc1ccccc1)C(=O)CN(c1cc(C)ccc1OC)S(=O)(=O)c1ccc(C)cc1. The molecule has 0 spiro atoms. The Balaban J connectivity index is 2.08. The number of carbonyl (C=O) groups excluding carboxylic acids is 2. The van der Waals surface area contributed by atoms with E-state index in [9.17, 15) is 18.0 Å². The molecular formula is C31H39N3O5S. The van der Waals surface area contributed by atoms with E-state index < -0.39 is 28.5 Å². The molecule has 8 nitrogen and oxygen atoms in total. The summed E-state index contributed by atoms with van der Waals surface area (Å²) < 4.78 is 34.7. The Morgan fingerprint density at radius 3 is 2.15 bits per heavy atom. The fraction of sp³-hybridized carbons (Fsp3) is 0.355. The summed E-state index contributed by atoms with van der Waals surface area (Å²) >= 11 is 0. The minimum absolute atomic E-state index is 0.0478. The third-order valence-corrected chi connectivity index (χ3v) is 8.63. The smallest absolute Gasteiger partial charge is 0.264 e. The number of hydrogen-bond acceptors (Lipinski definition) is 5. The highest BCUT2D eigenvalue weighted by molar-refractivity contribution is 7.92. The number of methoxy groups -OCH3 is 1. The van der Waals surface area contributed by atoms with Gasteiger partial charge in [-0.05, 0) is 69.5 Å². The molecule has 0 saturated carbocycles. The normalized spacial score (nSPS) is 12.8. The second-order valence-corrected chi connectivity index (χ2v) is 11.9. The lowest BCUT2D eigenvalue weighted by Crippen LogP contribution is -2.52. The molecule has 3 aromatic carbocycles. The van der Waals surface area contributed by atoms with Gasteiger partial charge in [-0.3, -0.25) is 13.9 Å². The second-order valence-electron chi connectivity index (χ2n) is 10.0. The highest BCUT2D eigenvalue weighted by atomic mass is 32.2. The van der Waals surface area contributed by atoms with Crippen molar-refractivity contribution in [3.63, 3.8) is 0 Å².